The Bertz CT molecular complexity index is 700. The first-order valence-corrected chi connectivity index (χ1v) is 8.35. The summed E-state index contributed by atoms with van der Waals surface area (Å²) in [6.45, 7) is 2.05. The Morgan fingerprint density at radius 1 is 1.13 bits per heavy atom. The van der Waals surface area contributed by atoms with Gasteiger partial charge in [-0.2, -0.15) is 0 Å². The van der Waals surface area contributed by atoms with E-state index in [2.05, 4.69) is 35.2 Å². The number of rotatable bonds is 6. The van der Waals surface area contributed by atoms with Crippen LogP contribution in [-0.2, 0) is 15.3 Å². The van der Waals surface area contributed by atoms with Crippen molar-refractivity contribution in [2.75, 3.05) is 18.2 Å². The molecule has 0 spiro atoms. The molecule has 2 aromatic carbocycles. The van der Waals surface area contributed by atoms with Crippen LogP contribution in [0.2, 0.25) is 0 Å². The molecule has 0 radical (unpaired) electrons. The molecule has 0 heterocycles. The summed E-state index contributed by atoms with van der Waals surface area (Å²) in [5.41, 5.74) is 3.43. The first kappa shape index (κ1) is 17.1. The number of thioether (sulfide) groups is 1. The van der Waals surface area contributed by atoms with Gasteiger partial charge in [0.1, 0.15) is 0 Å². The third kappa shape index (κ3) is 5.45. The highest BCUT2D eigenvalue weighted by molar-refractivity contribution is 7.99. The van der Waals surface area contributed by atoms with Crippen molar-refractivity contribution in [2.45, 2.75) is 12.7 Å². The lowest BCUT2D eigenvalue weighted by Gasteiger charge is -2.07. The maximum atomic E-state index is 12.0. The SMILES string of the molecule is COC(=O)c1cccc(NC(=O)CSCc2cccc(C)c2)c1. The van der Waals surface area contributed by atoms with E-state index < -0.39 is 5.97 Å². The van der Waals surface area contributed by atoms with Crippen molar-refractivity contribution >= 4 is 29.3 Å². The summed E-state index contributed by atoms with van der Waals surface area (Å²) in [7, 11) is 1.33. The Hall–Kier alpha value is -2.27. The molecule has 2 rings (SSSR count). The second-order valence-electron chi connectivity index (χ2n) is 5.10. The number of benzene rings is 2. The number of aryl methyl sites for hydroxylation is 1. The number of carbonyl (C=O) groups is 2. The Labute approximate surface area is 140 Å². The van der Waals surface area contributed by atoms with Crippen LogP contribution in [-0.4, -0.2) is 24.7 Å². The molecular formula is C18H19NO3S. The quantitative estimate of drug-likeness (QED) is 0.822. The molecule has 1 amide bonds. The van der Waals surface area contributed by atoms with Gasteiger partial charge in [-0.1, -0.05) is 35.9 Å². The number of nitrogens with one attached hydrogen (secondary N) is 1. The van der Waals surface area contributed by atoms with Crippen LogP contribution in [0.15, 0.2) is 48.5 Å². The van der Waals surface area contributed by atoms with Crippen LogP contribution in [0.4, 0.5) is 5.69 Å². The van der Waals surface area contributed by atoms with E-state index in [1.807, 2.05) is 6.07 Å². The van der Waals surface area contributed by atoms with Gasteiger partial charge in [0.25, 0.3) is 0 Å². The first-order valence-electron chi connectivity index (χ1n) is 7.20. The number of methoxy groups -OCH3 is 1. The van der Waals surface area contributed by atoms with E-state index >= 15 is 0 Å². The minimum Gasteiger partial charge on any atom is -0.465 e. The maximum absolute atomic E-state index is 12.0. The molecule has 0 aliphatic rings. The third-order valence-electron chi connectivity index (χ3n) is 3.15. The Balaban J connectivity index is 1.84. The predicted octanol–water partition coefficient (Wildman–Crippen LogP) is 3.65. The molecule has 0 saturated carbocycles. The molecule has 0 unspecified atom stereocenters. The molecule has 0 aromatic heterocycles. The monoisotopic (exact) mass is 329 g/mol. The van der Waals surface area contributed by atoms with Gasteiger partial charge in [-0.25, -0.2) is 4.79 Å². The van der Waals surface area contributed by atoms with Crippen LogP contribution in [0.3, 0.4) is 0 Å². The van der Waals surface area contributed by atoms with Gasteiger partial charge in [0.2, 0.25) is 5.91 Å². The lowest BCUT2D eigenvalue weighted by Crippen LogP contribution is -2.14. The molecular weight excluding hydrogens is 310 g/mol. The van der Waals surface area contributed by atoms with Gasteiger partial charge in [0, 0.05) is 11.4 Å². The van der Waals surface area contributed by atoms with Crippen molar-refractivity contribution in [3.63, 3.8) is 0 Å². The molecule has 23 heavy (non-hydrogen) atoms. The number of amides is 1. The van der Waals surface area contributed by atoms with Crippen molar-refractivity contribution in [3.05, 3.63) is 65.2 Å². The van der Waals surface area contributed by atoms with Crippen LogP contribution in [0.1, 0.15) is 21.5 Å². The normalized spacial score (nSPS) is 10.2. The third-order valence-corrected chi connectivity index (χ3v) is 4.16. The number of ether oxygens (including phenoxy) is 1. The van der Waals surface area contributed by atoms with E-state index in [4.69, 9.17) is 0 Å². The van der Waals surface area contributed by atoms with Gasteiger partial charge in [-0.3, -0.25) is 4.79 Å². The van der Waals surface area contributed by atoms with E-state index in [1.54, 1.807) is 36.0 Å². The van der Waals surface area contributed by atoms with Gasteiger partial charge in [-0.15, -0.1) is 11.8 Å². The summed E-state index contributed by atoms with van der Waals surface area (Å²) in [5, 5.41) is 2.79. The van der Waals surface area contributed by atoms with E-state index in [9.17, 15) is 9.59 Å². The largest absolute Gasteiger partial charge is 0.465 e. The second kappa shape index (κ2) is 8.39. The Kier molecular flexibility index (Phi) is 6.23. The number of hydrogen-bond acceptors (Lipinski definition) is 4. The van der Waals surface area contributed by atoms with Crippen LogP contribution in [0.25, 0.3) is 0 Å². The fourth-order valence-electron chi connectivity index (χ4n) is 2.10. The fourth-order valence-corrected chi connectivity index (χ4v) is 2.88. The fraction of sp³-hybridized carbons (Fsp3) is 0.222. The van der Waals surface area contributed by atoms with Crippen molar-refractivity contribution in [1.82, 2.24) is 0 Å². The standard InChI is InChI=1S/C18H19NO3S/c1-13-5-3-6-14(9-13)11-23-12-17(20)19-16-8-4-7-15(10-16)18(21)22-2/h3-10H,11-12H2,1-2H3,(H,19,20). The molecule has 120 valence electrons. The number of carbonyl (C=O) groups excluding carboxylic acids is 2. The molecule has 2 aromatic rings. The number of esters is 1. The van der Waals surface area contributed by atoms with Crippen LogP contribution in [0.5, 0.6) is 0 Å². The van der Waals surface area contributed by atoms with Gasteiger partial charge >= 0.3 is 5.97 Å². The minimum absolute atomic E-state index is 0.0929. The number of hydrogen-bond donors (Lipinski definition) is 1. The number of anilines is 1. The summed E-state index contributed by atoms with van der Waals surface area (Å²) in [6.07, 6.45) is 0. The topological polar surface area (TPSA) is 55.4 Å². The average molecular weight is 329 g/mol. The van der Waals surface area contributed by atoms with E-state index in [-0.39, 0.29) is 5.91 Å². The van der Waals surface area contributed by atoms with Gasteiger partial charge in [0.05, 0.1) is 18.4 Å². The van der Waals surface area contributed by atoms with Crippen molar-refractivity contribution < 1.29 is 14.3 Å². The zero-order chi connectivity index (χ0) is 16.7. The van der Waals surface area contributed by atoms with Gasteiger partial charge in [-0.05, 0) is 30.7 Å². The minimum atomic E-state index is -0.421. The molecule has 0 aliphatic carbocycles. The van der Waals surface area contributed by atoms with Crippen molar-refractivity contribution in [3.8, 4) is 0 Å². The van der Waals surface area contributed by atoms with Crippen LogP contribution < -0.4 is 5.32 Å². The molecule has 4 nitrogen and oxygen atoms in total. The summed E-state index contributed by atoms with van der Waals surface area (Å²) < 4.78 is 4.66. The molecule has 0 bridgehead atoms. The molecule has 0 saturated heterocycles. The summed E-state index contributed by atoms with van der Waals surface area (Å²) in [6, 6.07) is 14.9. The van der Waals surface area contributed by atoms with E-state index in [0.717, 1.165) is 5.75 Å². The highest BCUT2D eigenvalue weighted by Gasteiger charge is 2.08. The molecule has 1 N–H and O–H groups in total. The molecule has 0 fully saturated rings. The second-order valence-corrected chi connectivity index (χ2v) is 6.09. The molecule has 5 heteroatoms. The summed E-state index contributed by atoms with van der Waals surface area (Å²) in [5.74, 6) is 0.632. The summed E-state index contributed by atoms with van der Waals surface area (Å²) >= 11 is 1.55. The highest BCUT2D eigenvalue weighted by Crippen LogP contribution is 2.15. The van der Waals surface area contributed by atoms with Crippen molar-refractivity contribution in [2.24, 2.45) is 0 Å². The van der Waals surface area contributed by atoms with E-state index in [0.29, 0.717) is 17.0 Å². The first-order chi connectivity index (χ1) is 11.1. The zero-order valence-electron chi connectivity index (χ0n) is 13.2. The van der Waals surface area contributed by atoms with Gasteiger partial charge in [0.15, 0.2) is 0 Å². The lowest BCUT2D eigenvalue weighted by atomic mass is 10.2. The molecule has 0 aliphatic heterocycles. The maximum Gasteiger partial charge on any atom is 0.337 e. The summed E-state index contributed by atoms with van der Waals surface area (Å²) in [4.78, 5) is 23.4. The smallest absolute Gasteiger partial charge is 0.337 e. The van der Waals surface area contributed by atoms with Crippen LogP contribution >= 0.6 is 11.8 Å². The van der Waals surface area contributed by atoms with Crippen molar-refractivity contribution in [1.29, 1.82) is 0 Å². The Morgan fingerprint density at radius 3 is 2.65 bits per heavy atom. The highest BCUT2D eigenvalue weighted by atomic mass is 32.2. The van der Waals surface area contributed by atoms with E-state index in [1.165, 1.54) is 18.2 Å². The zero-order valence-corrected chi connectivity index (χ0v) is 14.0. The average Bonchev–Trinajstić information content (AvgIpc) is 2.54. The lowest BCUT2D eigenvalue weighted by molar-refractivity contribution is -0.113. The van der Waals surface area contributed by atoms with Gasteiger partial charge < -0.3 is 10.1 Å². The van der Waals surface area contributed by atoms with Crippen LogP contribution in [0, 0.1) is 6.92 Å². The molecule has 0 atom stereocenters. The predicted molar refractivity (Wildman–Crippen MR) is 93.8 cm³/mol. The Morgan fingerprint density at radius 2 is 1.91 bits per heavy atom.